The van der Waals surface area contributed by atoms with Gasteiger partial charge in [0.05, 0.1) is 25.3 Å². The Labute approximate surface area is 125 Å². The van der Waals surface area contributed by atoms with Gasteiger partial charge in [0, 0.05) is 5.56 Å². The van der Waals surface area contributed by atoms with Crippen molar-refractivity contribution in [2.45, 2.75) is 0 Å². The highest BCUT2D eigenvalue weighted by atomic mass is 19.1. The van der Waals surface area contributed by atoms with E-state index in [-0.39, 0.29) is 22.3 Å². The van der Waals surface area contributed by atoms with Crippen molar-refractivity contribution in [1.82, 2.24) is 0 Å². The number of hydrogen-bond donors (Lipinski definition) is 1. The highest BCUT2D eigenvalue weighted by Crippen LogP contribution is 2.31. The third-order valence-electron chi connectivity index (χ3n) is 3.14. The first-order valence-corrected chi connectivity index (χ1v) is 6.27. The molecule has 0 aromatic heterocycles. The number of hydrogen-bond acceptors (Lipinski definition) is 4. The Hall–Kier alpha value is -2.89. The van der Waals surface area contributed by atoms with Crippen LogP contribution in [0.1, 0.15) is 20.7 Å². The molecule has 0 aliphatic heterocycles. The number of rotatable bonds is 4. The highest BCUT2D eigenvalue weighted by Gasteiger charge is 2.19. The first kappa shape index (κ1) is 15.5. The molecule has 2 rings (SSSR count). The van der Waals surface area contributed by atoms with Crippen LogP contribution < -0.4 is 4.74 Å². The Morgan fingerprint density at radius 1 is 1.05 bits per heavy atom. The lowest BCUT2D eigenvalue weighted by molar-refractivity contribution is 0.0601. The summed E-state index contributed by atoms with van der Waals surface area (Å²) in [5.74, 6) is -2.09. The van der Waals surface area contributed by atoms with Crippen LogP contribution in [0.3, 0.4) is 0 Å². The van der Waals surface area contributed by atoms with Crippen LogP contribution >= 0.6 is 0 Å². The van der Waals surface area contributed by atoms with E-state index in [1.54, 1.807) is 0 Å². The fourth-order valence-corrected chi connectivity index (χ4v) is 2.03. The van der Waals surface area contributed by atoms with Crippen LogP contribution in [0.2, 0.25) is 0 Å². The summed E-state index contributed by atoms with van der Waals surface area (Å²) in [5, 5.41) is 9.02. The van der Waals surface area contributed by atoms with Gasteiger partial charge in [-0.15, -0.1) is 0 Å². The maximum absolute atomic E-state index is 14.1. The number of carbonyl (C=O) groups excluding carboxylic acids is 1. The molecule has 0 bridgehead atoms. The van der Waals surface area contributed by atoms with Crippen molar-refractivity contribution in [1.29, 1.82) is 0 Å². The quantitative estimate of drug-likeness (QED) is 0.879. The molecule has 0 aliphatic rings. The topological polar surface area (TPSA) is 72.8 Å². The van der Waals surface area contributed by atoms with E-state index in [1.807, 2.05) is 0 Å². The number of esters is 1. The average Bonchev–Trinajstić information content (AvgIpc) is 2.54. The van der Waals surface area contributed by atoms with Crippen molar-refractivity contribution in [2.75, 3.05) is 14.2 Å². The summed E-state index contributed by atoms with van der Waals surface area (Å²) in [6, 6.07) is 7.90. The summed E-state index contributed by atoms with van der Waals surface area (Å²) in [4.78, 5) is 22.9. The van der Waals surface area contributed by atoms with Gasteiger partial charge in [-0.3, -0.25) is 0 Å². The summed E-state index contributed by atoms with van der Waals surface area (Å²) in [5.41, 5.74) is 0.229. The summed E-state index contributed by atoms with van der Waals surface area (Å²) >= 11 is 0. The van der Waals surface area contributed by atoms with Crippen LogP contribution in [0.25, 0.3) is 11.1 Å². The molecule has 1 N–H and O–H groups in total. The van der Waals surface area contributed by atoms with Gasteiger partial charge in [-0.1, -0.05) is 6.07 Å². The Balaban J connectivity index is 2.69. The second-order valence-corrected chi connectivity index (χ2v) is 4.40. The van der Waals surface area contributed by atoms with Crippen molar-refractivity contribution in [2.24, 2.45) is 0 Å². The van der Waals surface area contributed by atoms with E-state index in [0.717, 1.165) is 6.07 Å². The minimum Gasteiger partial charge on any atom is -0.497 e. The van der Waals surface area contributed by atoms with E-state index in [9.17, 15) is 14.0 Å². The molecular weight excluding hydrogens is 291 g/mol. The number of carboxylic acids is 1. The predicted molar refractivity (Wildman–Crippen MR) is 76.7 cm³/mol. The molecule has 0 heterocycles. The first-order valence-electron chi connectivity index (χ1n) is 6.27. The van der Waals surface area contributed by atoms with Gasteiger partial charge < -0.3 is 14.6 Å². The molecule has 5 nitrogen and oxygen atoms in total. The van der Waals surface area contributed by atoms with E-state index in [4.69, 9.17) is 9.84 Å². The molecular formula is C16H13FO5. The van der Waals surface area contributed by atoms with Crippen molar-refractivity contribution in [3.05, 3.63) is 53.3 Å². The van der Waals surface area contributed by atoms with Gasteiger partial charge in [0.15, 0.2) is 0 Å². The summed E-state index contributed by atoms with van der Waals surface area (Å²) in [6.07, 6.45) is 0. The fraction of sp³-hybridized carbons (Fsp3) is 0.125. The largest absolute Gasteiger partial charge is 0.497 e. The molecule has 0 aliphatic carbocycles. The van der Waals surface area contributed by atoms with E-state index in [0.29, 0.717) is 5.75 Å². The molecule has 0 saturated heterocycles. The zero-order chi connectivity index (χ0) is 16.3. The van der Waals surface area contributed by atoms with Gasteiger partial charge in [-0.25, -0.2) is 14.0 Å². The molecule has 22 heavy (non-hydrogen) atoms. The number of ether oxygens (including phenoxy) is 2. The third-order valence-corrected chi connectivity index (χ3v) is 3.14. The maximum atomic E-state index is 14.1. The zero-order valence-corrected chi connectivity index (χ0v) is 11.9. The van der Waals surface area contributed by atoms with Crippen LogP contribution in [0.4, 0.5) is 4.39 Å². The molecule has 0 amide bonds. The average molecular weight is 304 g/mol. The van der Waals surface area contributed by atoms with Gasteiger partial charge in [-0.2, -0.15) is 0 Å². The van der Waals surface area contributed by atoms with Crippen LogP contribution in [0, 0.1) is 5.82 Å². The standard InChI is InChI=1S/C16H13FO5/c1-21-10-4-6-14(17)12(8-10)11-5-3-9(15(18)19)7-13(11)16(20)22-2/h3-8H,1-2H3,(H,18,19). The molecule has 0 fully saturated rings. The minimum absolute atomic E-state index is 0.0328. The monoisotopic (exact) mass is 304 g/mol. The SMILES string of the molecule is COC(=O)c1cc(C(=O)O)ccc1-c1cc(OC)ccc1F. The van der Waals surface area contributed by atoms with Crippen molar-refractivity contribution >= 4 is 11.9 Å². The molecule has 0 atom stereocenters. The van der Waals surface area contributed by atoms with Crippen LogP contribution in [0.5, 0.6) is 5.75 Å². The Kier molecular flexibility index (Phi) is 4.41. The first-order chi connectivity index (χ1) is 10.5. The van der Waals surface area contributed by atoms with Gasteiger partial charge in [0.2, 0.25) is 0 Å². The van der Waals surface area contributed by atoms with Crippen LogP contribution in [0.15, 0.2) is 36.4 Å². The van der Waals surface area contributed by atoms with E-state index < -0.39 is 17.8 Å². The molecule has 0 radical (unpaired) electrons. The van der Waals surface area contributed by atoms with Gasteiger partial charge in [0.1, 0.15) is 11.6 Å². The van der Waals surface area contributed by atoms with Crippen molar-refractivity contribution in [3.63, 3.8) is 0 Å². The number of methoxy groups -OCH3 is 2. The second kappa shape index (κ2) is 6.26. The number of carboxylic acid groups (broad SMARTS) is 1. The number of benzene rings is 2. The Morgan fingerprint density at radius 2 is 1.77 bits per heavy atom. The second-order valence-electron chi connectivity index (χ2n) is 4.40. The number of carbonyl (C=O) groups is 2. The van der Waals surface area contributed by atoms with Crippen LogP contribution in [-0.2, 0) is 4.74 Å². The summed E-state index contributed by atoms with van der Waals surface area (Å²) < 4.78 is 23.8. The normalized spacial score (nSPS) is 10.1. The summed E-state index contributed by atoms with van der Waals surface area (Å²) in [6.45, 7) is 0. The lowest BCUT2D eigenvalue weighted by Gasteiger charge is -2.11. The van der Waals surface area contributed by atoms with Gasteiger partial charge in [0.25, 0.3) is 0 Å². The van der Waals surface area contributed by atoms with E-state index in [1.165, 1.54) is 44.6 Å². The molecule has 0 unspecified atom stereocenters. The lowest BCUT2D eigenvalue weighted by Crippen LogP contribution is -2.07. The molecule has 6 heteroatoms. The van der Waals surface area contributed by atoms with Crippen molar-refractivity contribution in [3.8, 4) is 16.9 Å². The molecule has 114 valence electrons. The van der Waals surface area contributed by atoms with E-state index in [2.05, 4.69) is 4.74 Å². The third kappa shape index (κ3) is 2.90. The maximum Gasteiger partial charge on any atom is 0.338 e. The van der Waals surface area contributed by atoms with Gasteiger partial charge >= 0.3 is 11.9 Å². The minimum atomic E-state index is -1.19. The summed E-state index contributed by atoms with van der Waals surface area (Å²) in [7, 11) is 2.60. The number of halogens is 1. The van der Waals surface area contributed by atoms with E-state index >= 15 is 0 Å². The van der Waals surface area contributed by atoms with Crippen molar-refractivity contribution < 1.29 is 28.6 Å². The smallest absolute Gasteiger partial charge is 0.338 e. The number of aromatic carboxylic acids is 1. The Bertz CT molecular complexity index is 739. The Morgan fingerprint density at radius 3 is 2.36 bits per heavy atom. The van der Waals surface area contributed by atoms with Gasteiger partial charge in [-0.05, 0) is 35.9 Å². The lowest BCUT2D eigenvalue weighted by atomic mass is 9.96. The molecule has 0 saturated carbocycles. The molecule has 2 aromatic rings. The highest BCUT2D eigenvalue weighted by molar-refractivity contribution is 6.00. The fourth-order valence-electron chi connectivity index (χ4n) is 2.03. The molecule has 2 aromatic carbocycles. The van der Waals surface area contributed by atoms with Crippen LogP contribution in [-0.4, -0.2) is 31.3 Å². The predicted octanol–water partition coefficient (Wildman–Crippen LogP) is 2.99. The zero-order valence-electron chi connectivity index (χ0n) is 11.9. The molecule has 0 spiro atoms.